The molecular weight excluding hydrogens is 811 g/mol. The molecule has 0 fully saturated rings. The SMILES string of the molecule is O=C1/C(=N/c2cc3sc4c5sc6cc(N=c7c(=O)c8cc(F)c(F)cc8c7=O)sc6c5n(C(=O)OCc5ccccc5)c4c3s2)COCc2cc(F)c(F)cc21. The van der Waals surface area contributed by atoms with Crippen LogP contribution < -0.4 is 16.2 Å². The maximum atomic E-state index is 14.2. The summed E-state index contributed by atoms with van der Waals surface area (Å²) in [7, 11) is 0. The quantitative estimate of drug-likeness (QED) is 0.163. The van der Waals surface area contributed by atoms with E-state index in [-0.39, 0.29) is 52.4 Å². The molecule has 0 radical (unpaired) electrons. The molecule has 0 bridgehead atoms. The van der Waals surface area contributed by atoms with Gasteiger partial charge in [-0.3, -0.25) is 14.4 Å². The third kappa shape index (κ3) is 5.41. The lowest BCUT2D eigenvalue weighted by molar-refractivity contribution is 0.105. The predicted octanol–water partition coefficient (Wildman–Crippen LogP) is 9.56. The minimum absolute atomic E-state index is 0.00516. The molecule has 0 aliphatic carbocycles. The van der Waals surface area contributed by atoms with Crippen LogP contribution in [0.3, 0.4) is 0 Å². The normalized spacial score (nSPS) is 14.2. The summed E-state index contributed by atoms with van der Waals surface area (Å²) in [6.07, 6.45) is -0.672. The summed E-state index contributed by atoms with van der Waals surface area (Å²) in [5, 5.41) is -0.310. The second-order valence-electron chi connectivity index (χ2n) is 12.7. The summed E-state index contributed by atoms with van der Waals surface area (Å²) in [5.41, 5.74) is 0.393. The van der Waals surface area contributed by atoms with Crippen LogP contribution in [0.15, 0.2) is 86.3 Å². The molecule has 6 heterocycles. The van der Waals surface area contributed by atoms with E-state index in [9.17, 15) is 36.7 Å². The van der Waals surface area contributed by atoms with Gasteiger partial charge in [0.2, 0.25) is 16.6 Å². The third-order valence-corrected chi connectivity index (χ3v) is 14.0. The van der Waals surface area contributed by atoms with Crippen LogP contribution in [0.25, 0.3) is 50.0 Å². The molecule has 10 rings (SSSR count). The first-order chi connectivity index (χ1) is 27.0. The highest BCUT2D eigenvalue weighted by molar-refractivity contribution is 7.39. The molecule has 0 saturated carbocycles. The molecule has 5 aromatic heterocycles. The van der Waals surface area contributed by atoms with E-state index in [0.717, 1.165) is 43.1 Å². The summed E-state index contributed by atoms with van der Waals surface area (Å²) >= 11 is 5.15. The molecule has 9 aromatic rings. The van der Waals surface area contributed by atoms with Crippen molar-refractivity contribution < 1.29 is 36.6 Å². The van der Waals surface area contributed by atoms with Crippen molar-refractivity contribution >= 4 is 123 Å². The first-order valence-corrected chi connectivity index (χ1v) is 19.8. The van der Waals surface area contributed by atoms with Crippen LogP contribution in [0.4, 0.5) is 32.4 Å². The first kappa shape index (κ1) is 34.7. The molecule has 4 aromatic carbocycles. The van der Waals surface area contributed by atoms with E-state index >= 15 is 0 Å². The van der Waals surface area contributed by atoms with Gasteiger partial charge in [0, 0.05) is 16.3 Å². The van der Waals surface area contributed by atoms with Gasteiger partial charge >= 0.3 is 6.09 Å². The van der Waals surface area contributed by atoms with Crippen molar-refractivity contribution in [1.82, 2.24) is 4.57 Å². The summed E-state index contributed by atoms with van der Waals surface area (Å²) in [5.74, 6) is -5.34. The van der Waals surface area contributed by atoms with Gasteiger partial charge in [-0.25, -0.2) is 36.9 Å². The second kappa shape index (κ2) is 12.9. The lowest BCUT2D eigenvalue weighted by atomic mass is 10.0. The highest BCUT2D eigenvalue weighted by Gasteiger charge is 2.29. The molecule has 0 spiro atoms. The smallest absolute Gasteiger partial charge is 0.419 e. The van der Waals surface area contributed by atoms with Gasteiger partial charge in [0.15, 0.2) is 28.6 Å². The number of halogens is 4. The fourth-order valence-electron chi connectivity index (χ4n) is 6.74. The molecule has 0 unspecified atom stereocenters. The summed E-state index contributed by atoms with van der Waals surface area (Å²) < 4.78 is 73.2. The number of hydrogen-bond acceptors (Lipinski definition) is 12. The van der Waals surface area contributed by atoms with Crippen LogP contribution in [-0.2, 0) is 22.7 Å². The molecule has 9 nitrogen and oxygen atoms in total. The van der Waals surface area contributed by atoms with Gasteiger partial charge in [0.1, 0.15) is 22.3 Å². The van der Waals surface area contributed by atoms with Crippen molar-refractivity contribution in [2.24, 2.45) is 9.98 Å². The van der Waals surface area contributed by atoms with E-state index < -0.39 is 51.4 Å². The highest BCUT2D eigenvalue weighted by atomic mass is 32.1. The number of nitrogens with zero attached hydrogens (tertiary/aromatic N) is 3. The van der Waals surface area contributed by atoms with Crippen LogP contribution in [0, 0.1) is 23.3 Å². The Balaban J connectivity index is 1.12. The van der Waals surface area contributed by atoms with E-state index in [1.807, 2.05) is 30.3 Å². The molecule has 0 saturated heterocycles. The first-order valence-electron chi connectivity index (χ1n) is 16.5. The second-order valence-corrected chi connectivity index (χ2v) is 16.9. The Kier molecular flexibility index (Phi) is 8.02. The van der Waals surface area contributed by atoms with Crippen molar-refractivity contribution in [3.05, 3.63) is 132 Å². The zero-order chi connectivity index (χ0) is 38.6. The summed E-state index contributed by atoms with van der Waals surface area (Å²) in [4.78, 5) is 62.6. The highest BCUT2D eigenvalue weighted by Crippen LogP contribution is 2.52. The zero-order valence-corrected chi connectivity index (χ0v) is 31.2. The monoisotopic (exact) mass is 827 g/mol. The average molecular weight is 828 g/mol. The summed E-state index contributed by atoms with van der Waals surface area (Å²) in [6, 6.07) is 15.8. The van der Waals surface area contributed by atoms with Crippen molar-refractivity contribution in [3.63, 3.8) is 0 Å². The Morgan fingerprint density at radius 2 is 1.27 bits per heavy atom. The predicted molar refractivity (Wildman–Crippen MR) is 209 cm³/mol. The molecule has 276 valence electrons. The molecule has 56 heavy (non-hydrogen) atoms. The van der Waals surface area contributed by atoms with Gasteiger partial charge in [-0.1, -0.05) is 30.3 Å². The van der Waals surface area contributed by atoms with Crippen LogP contribution in [0.1, 0.15) is 21.5 Å². The molecule has 1 aliphatic rings. The topological polar surface area (TPSA) is 116 Å². The molecule has 1 aliphatic heterocycles. The number of carbonyl (C=O) groups is 2. The lowest BCUT2D eigenvalue weighted by Gasteiger charge is -2.07. The van der Waals surface area contributed by atoms with Crippen molar-refractivity contribution in [1.29, 1.82) is 0 Å². The number of rotatable bonds is 4. The van der Waals surface area contributed by atoms with E-state index in [1.165, 1.54) is 38.6 Å². The lowest BCUT2D eigenvalue weighted by Crippen LogP contribution is -2.31. The molecule has 0 N–H and O–H groups in total. The maximum Gasteiger partial charge on any atom is 0.419 e. The van der Waals surface area contributed by atoms with Gasteiger partial charge in [0.05, 0.1) is 52.4 Å². The standard InChI is InChI=1S/C39H17F4N3O6S4/c40-20-6-16-13-51-14-24(32(47)17(16)7-21(20)41)44-27-10-25-35(55-27)30-37(53-25)38-31(46(30)39(50)52-12-15-4-2-1-3-5-15)36-26(54-38)11-28(56-36)45-29-33(48)18-8-22(42)23(43)9-19(18)34(29)49/h1-11H,12-14H2/b44-24+. The number of benzene rings is 3. The van der Waals surface area contributed by atoms with Gasteiger partial charge in [-0.2, -0.15) is 0 Å². The Hall–Kier alpha value is -5.72. The van der Waals surface area contributed by atoms with Gasteiger partial charge < -0.3 is 9.47 Å². The van der Waals surface area contributed by atoms with Crippen molar-refractivity contribution in [2.75, 3.05) is 6.61 Å². The van der Waals surface area contributed by atoms with E-state index in [4.69, 9.17) is 9.47 Å². The number of Topliss-reactive ketones (excluding diaryl/α,β-unsaturated/α-hetero) is 1. The van der Waals surface area contributed by atoms with Gasteiger partial charge in [-0.15, -0.1) is 45.3 Å². The zero-order valence-electron chi connectivity index (χ0n) is 27.9. The van der Waals surface area contributed by atoms with Crippen LogP contribution in [0.5, 0.6) is 0 Å². The number of ketones is 1. The molecule has 0 atom stereocenters. The average Bonchev–Trinajstić information content (AvgIpc) is 3.99. The number of fused-ring (bicyclic) bond motifs is 9. The summed E-state index contributed by atoms with van der Waals surface area (Å²) in [6.45, 7) is -0.303. The Morgan fingerprint density at radius 1 is 0.696 bits per heavy atom. The maximum absolute atomic E-state index is 14.2. The van der Waals surface area contributed by atoms with Crippen LogP contribution in [0.2, 0.25) is 0 Å². The van der Waals surface area contributed by atoms with Crippen LogP contribution >= 0.6 is 45.3 Å². The Morgan fingerprint density at radius 3 is 1.89 bits per heavy atom. The number of thiophene rings is 4. The number of hydrogen-bond donors (Lipinski definition) is 0. The van der Waals surface area contributed by atoms with Crippen LogP contribution in [-0.4, -0.2) is 28.8 Å². The van der Waals surface area contributed by atoms with Crippen molar-refractivity contribution in [3.8, 4) is 0 Å². The number of aromatic nitrogens is 1. The van der Waals surface area contributed by atoms with E-state index in [1.54, 1.807) is 12.1 Å². The van der Waals surface area contributed by atoms with E-state index in [0.29, 0.717) is 42.3 Å². The fourth-order valence-corrected chi connectivity index (χ4v) is 11.8. The molecule has 0 amide bonds. The minimum atomic E-state index is -1.25. The number of carbonyl (C=O) groups excluding carboxylic acids is 2. The largest absolute Gasteiger partial charge is 0.444 e. The Bertz CT molecular complexity index is 3330. The third-order valence-electron chi connectivity index (χ3n) is 9.29. The fraction of sp³-hybridized carbons (Fsp3) is 0.0769. The minimum Gasteiger partial charge on any atom is -0.444 e. The van der Waals surface area contributed by atoms with E-state index in [2.05, 4.69) is 9.98 Å². The van der Waals surface area contributed by atoms with Crippen molar-refractivity contribution in [2.45, 2.75) is 13.2 Å². The molecular formula is C39H17F4N3O6S4. The Labute approximate surface area is 324 Å². The van der Waals surface area contributed by atoms with Gasteiger partial charge in [0.25, 0.3) is 0 Å². The number of aliphatic imine (C=N–C) groups is 1. The number of ether oxygens (including phenoxy) is 2. The molecule has 17 heteroatoms. The van der Waals surface area contributed by atoms with Gasteiger partial charge in [-0.05, 0) is 47.5 Å².